The Bertz CT molecular complexity index is 424. The predicted octanol–water partition coefficient (Wildman–Crippen LogP) is 0.0386. The molecule has 1 fully saturated rings. The molecule has 0 aliphatic carbocycles. The molecule has 1 aliphatic rings. The molecule has 120 valence electrons. The number of aryl methyl sites for hydroxylation is 1. The first-order chi connectivity index (χ1) is 10.1. The van der Waals surface area contributed by atoms with Crippen LogP contribution >= 0.6 is 0 Å². The molecule has 0 unspecified atom stereocenters. The van der Waals surface area contributed by atoms with Gasteiger partial charge in [0.15, 0.2) is 0 Å². The van der Waals surface area contributed by atoms with Gasteiger partial charge in [0.2, 0.25) is 0 Å². The molecule has 2 atom stereocenters. The predicted molar refractivity (Wildman–Crippen MR) is 81.9 cm³/mol. The minimum absolute atomic E-state index is 0.264. The van der Waals surface area contributed by atoms with E-state index in [2.05, 4.69) is 26.4 Å². The van der Waals surface area contributed by atoms with Crippen molar-refractivity contribution in [3.8, 4) is 0 Å². The lowest BCUT2D eigenvalue weighted by molar-refractivity contribution is 0.136. The van der Waals surface area contributed by atoms with Crippen LogP contribution in [0.1, 0.15) is 5.82 Å². The second-order valence-corrected chi connectivity index (χ2v) is 6.11. The fraction of sp³-hybridized carbons (Fsp3) is 0.800. The number of aromatic nitrogens is 2. The van der Waals surface area contributed by atoms with Gasteiger partial charge in [0, 0.05) is 59.3 Å². The van der Waals surface area contributed by atoms with Crippen molar-refractivity contribution in [2.75, 3.05) is 53.6 Å². The summed E-state index contributed by atoms with van der Waals surface area (Å²) >= 11 is 0. The van der Waals surface area contributed by atoms with Crippen molar-refractivity contribution in [2.24, 2.45) is 18.9 Å². The number of hydrogen-bond acceptors (Lipinski definition) is 5. The number of rotatable bonds is 8. The number of ether oxygens (including phenoxy) is 1. The second-order valence-electron chi connectivity index (χ2n) is 6.11. The smallest absolute Gasteiger partial charge is 0.122 e. The van der Waals surface area contributed by atoms with Crippen LogP contribution in [0.5, 0.6) is 0 Å². The molecule has 1 saturated heterocycles. The molecule has 2 rings (SSSR count). The zero-order valence-electron chi connectivity index (χ0n) is 13.4. The summed E-state index contributed by atoms with van der Waals surface area (Å²) in [6.07, 6.45) is 3.82. The third-order valence-electron chi connectivity index (χ3n) is 4.40. The number of aliphatic hydroxyl groups is 1. The van der Waals surface area contributed by atoms with Crippen LogP contribution in [0.3, 0.4) is 0 Å². The first-order valence-corrected chi connectivity index (χ1v) is 7.61. The van der Waals surface area contributed by atoms with Crippen molar-refractivity contribution in [2.45, 2.75) is 6.54 Å². The van der Waals surface area contributed by atoms with Gasteiger partial charge in [0.1, 0.15) is 5.82 Å². The number of nitrogens with zero attached hydrogens (tertiary/aromatic N) is 4. The zero-order valence-corrected chi connectivity index (χ0v) is 13.4. The summed E-state index contributed by atoms with van der Waals surface area (Å²) in [6, 6.07) is 0. The SMILES string of the molecule is COCCN(C)C[C@@H]1CN(Cc2nccn2C)C[C@@H]1CO. The highest BCUT2D eigenvalue weighted by atomic mass is 16.5. The maximum absolute atomic E-state index is 9.63. The molecular formula is C15H28N4O2. The Balaban J connectivity index is 1.86. The van der Waals surface area contributed by atoms with Crippen molar-refractivity contribution in [1.29, 1.82) is 0 Å². The molecule has 1 aromatic rings. The Morgan fingerprint density at radius 3 is 2.81 bits per heavy atom. The molecule has 1 N–H and O–H groups in total. The number of methoxy groups -OCH3 is 1. The minimum Gasteiger partial charge on any atom is -0.396 e. The van der Waals surface area contributed by atoms with Gasteiger partial charge in [-0.2, -0.15) is 0 Å². The van der Waals surface area contributed by atoms with E-state index < -0.39 is 0 Å². The Morgan fingerprint density at radius 1 is 1.43 bits per heavy atom. The maximum Gasteiger partial charge on any atom is 0.122 e. The average molecular weight is 296 g/mol. The van der Waals surface area contributed by atoms with Crippen LogP contribution in [0.15, 0.2) is 12.4 Å². The molecule has 21 heavy (non-hydrogen) atoms. The molecule has 0 amide bonds. The Kier molecular flexibility index (Phi) is 6.17. The highest BCUT2D eigenvalue weighted by molar-refractivity contribution is 4.94. The fourth-order valence-corrected chi connectivity index (χ4v) is 3.07. The van der Waals surface area contributed by atoms with Crippen molar-refractivity contribution in [1.82, 2.24) is 19.4 Å². The van der Waals surface area contributed by atoms with Crippen molar-refractivity contribution >= 4 is 0 Å². The van der Waals surface area contributed by atoms with E-state index in [4.69, 9.17) is 4.74 Å². The van der Waals surface area contributed by atoms with E-state index in [0.717, 1.165) is 45.2 Å². The summed E-state index contributed by atoms with van der Waals surface area (Å²) in [5.74, 6) is 1.95. The number of likely N-dealkylation sites (N-methyl/N-ethyl adjacent to an activating group) is 1. The molecule has 0 radical (unpaired) electrons. The van der Waals surface area contributed by atoms with Gasteiger partial charge in [0.25, 0.3) is 0 Å². The molecule has 0 spiro atoms. The topological polar surface area (TPSA) is 53.8 Å². The molecular weight excluding hydrogens is 268 g/mol. The van der Waals surface area contributed by atoms with Crippen LogP contribution in [-0.2, 0) is 18.3 Å². The van der Waals surface area contributed by atoms with Gasteiger partial charge >= 0.3 is 0 Å². The van der Waals surface area contributed by atoms with E-state index in [1.807, 2.05) is 19.4 Å². The quantitative estimate of drug-likeness (QED) is 0.734. The third-order valence-corrected chi connectivity index (χ3v) is 4.40. The number of aliphatic hydroxyl groups excluding tert-OH is 1. The highest BCUT2D eigenvalue weighted by Crippen LogP contribution is 2.25. The number of likely N-dealkylation sites (tertiary alicyclic amines) is 1. The summed E-state index contributed by atoms with van der Waals surface area (Å²) in [5, 5.41) is 9.63. The lowest BCUT2D eigenvalue weighted by Gasteiger charge is -2.23. The van der Waals surface area contributed by atoms with Crippen molar-refractivity contribution in [3.05, 3.63) is 18.2 Å². The monoisotopic (exact) mass is 296 g/mol. The van der Waals surface area contributed by atoms with E-state index in [0.29, 0.717) is 11.8 Å². The summed E-state index contributed by atoms with van der Waals surface area (Å²) in [5.41, 5.74) is 0. The Morgan fingerprint density at radius 2 is 2.19 bits per heavy atom. The van der Waals surface area contributed by atoms with Crippen LogP contribution in [0.2, 0.25) is 0 Å². The number of hydrogen-bond donors (Lipinski definition) is 1. The van der Waals surface area contributed by atoms with E-state index in [1.165, 1.54) is 0 Å². The summed E-state index contributed by atoms with van der Waals surface area (Å²) < 4.78 is 7.18. The van der Waals surface area contributed by atoms with Gasteiger partial charge in [-0.15, -0.1) is 0 Å². The standard InChI is InChI=1S/C15H28N4O2/c1-17(6-7-21-3)8-13-9-19(10-14(13)12-20)11-15-16-4-5-18(15)2/h4-5,13-14,20H,6-12H2,1-3H3/t13-,14-/m1/s1. The first-order valence-electron chi connectivity index (χ1n) is 7.61. The molecule has 0 saturated carbocycles. The Labute approximate surface area is 127 Å². The van der Waals surface area contributed by atoms with Crippen LogP contribution in [0.25, 0.3) is 0 Å². The maximum atomic E-state index is 9.63. The molecule has 1 aromatic heterocycles. The summed E-state index contributed by atoms with van der Waals surface area (Å²) in [6.45, 7) is 5.79. The second kappa shape index (κ2) is 7.89. The van der Waals surface area contributed by atoms with E-state index in [9.17, 15) is 5.11 Å². The van der Waals surface area contributed by atoms with E-state index >= 15 is 0 Å². The lowest BCUT2D eigenvalue weighted by Crippen LogP contribution is -2.33. The molecule has 1 aliphatic heterocycles. The largest absolute Gasteiger partial charge is 0.396 e. The van der Waals surface area contributed by atoms with Gasteiger partial charge in [-0.05, 0) is 18.9 Å². The first kappa shape index (κ1) is 16.4. The van der Waals surface area contributed by atoms with Crippen LogP contribution in [-0.4, -0.2) is 78.0 Å². The van der Waals surface area contributed by atoms with Crippen LogP contribution in [0, 0.1) is 11.8 Å². The van der Waals surface area contributed by atoms with E-state index in [-0.39, 0.29) is 6.61 Å². The van der Waals surface area contributed by atoms with Gasteiger partial charge in [-0.3, -0.25) is 4.90 Å². The van der Waals surface area contributed by atoms with Crippen molar-refractivity contribution in [3.63, 3.8) is 0 Å². The average Bonchev–Trinajstić information content (AvgIpc) is 3.04. The van der Waals surface area contributed by atoms with Crippen LogP contribution < -0.4 is 0 Å². The highest BCUT2D eigenvalue weighted by Gasteiger charge is 2.33. The molecule has 0 bridgehead atoms. The van der Waals surface area contributed by atoms with Gasteiger partial charge in [0.05, 0.1) is 13.2 Å². The van der Waals surface area contributed by atoms with Gasteiger partial charge in [-0.1, -0.05) is 0 Å². The van der Waals surface area contributed by atoms with Crippen molar-refractivity contribution < 1.29 is 9.84 Å². The minimum atomic E-state index is 0.264. The molecule has 0 aromatic carbocycles. The van der Waals surface area contributed by atoms with Gasteiger partial charge < -0.3 is 19.3 Å². The third kappa shape index (κ3) is 4.51. The summed E-state index contributed by atoms with van der Waals surface area (Å²) in [7, 11) is 5.88. The number of imidazole rings is 1. The lowest BCUT2D eigenvalue weighted by atomic mass is 9.96. The fourth-order valence-electron chi connectivity index (χ4n) is 3.07. The zero-order chi connectivity index (χ0) is 15.2. The molecule has 6 nitrogen and oxygen atoms in total. The molecule has 6 heteroatoms. The Hall–Kier alpha value is -0.950. The van der Waals surface area contributed by atoms with Crippen LogP contribution in [0.4, 0.5) is 0 Å². The molecule has 2 heterocycles. The van der Waals surface area contributed by atoms with Gasteiger partial charge in [-0.25, -0.2) is 4.98 Å². The normalized spacial score (nSPS) is 23.3. The van der Waals surface area contributed by atoms with E-state index in [1.54, 1.807) is 7.11 Å². The summed E-state index contributed by atoms with van der Waals surface area (Å²) in [4.78, 5) is 9.08.